The minimum Gasteiger partial charge on any atom is -0.416 e. The molecule has 0 N–H and O–H groups in total. The fraction of sp³-hybridized carbons (Fsp3) is 1.00. The first-order chi connectivity index (χ1) is 9.18. The smallest absolute Gasteiger partial charge is 0.192 e. The molecule has 0 aromatic rings. The first-order valence-electron chi connectivity index (χ1n) is 8.10. The molecular weight excluding hydrogens is 300 g/mol. The van der Waals surface area contributed by atoms with Crippen LogP contribution in [0.3, 0.4) is 0 Å². The van der Waals surface area contributed by atoms with Crippen LogP contribution >= 0.6 is 23.5 Å². The van der Waals surface area contributed by atoms with Crippen LogP contribution in [-0.2, 0) is 4.43 Å². The molecule has 0 radical (unpaired) electrons. The highest BCUT2D eigenvalue weighted by Crippen LogP contribution is 2.72. The first-order valence-corrected chi connectivity index (χ1v) is 13.0. The molecule has 4 rings (SSSR count). The number of hydrogen-bond donors (Lipinski definition) is 0. The van der Waals surface area contributed by atoms with Crippen molar-refractivity contribution in [2.45, 2.75) is 68.7 Å². The lowest BCUT2D eigenvalue weighted by Gasteiger charge is -2.44. The molecule has 1 heterocycles. The fourth-order valence-electron chi connectivity index (χ4n) is 3.76. The monoisotopic (exact) mass is 330 g/mol. The van der Waals surface area contributed by atoms with Crippen LogP contribution in [0.25, 0.3) is 0 Å². The largest absolute Gasteiger partial charge is 0.416 e. The second-order valence-corrected chi connectivity index (χ2v) is 16.6. The van der Waals surface area contributed by atoms with Gasteiger partial charge in [-0.1, -0.05) is 20.8 Å². The van der Waals surface area contributed by atoms with Crippen molar-refractivity contribution in [2.24, 2.45) is 11.3 Å². The zero-order chi connectivity index (χ0) is 14.6. The summed E-state index contributed by atoms with van der Waals surface area (Å²) in [5.74, 6) is 3.77. The summed E-state index contributed by atoms with van der Waals surface area (Å²) in [6.07, 6.45) is 5.73. The highest BCUT2D eigenvalue weighted by Gasteiger charge is 2.65. The van der Waals surface area contributed by atoms with Crippen molar-refractivity contribution >= 4 is 31.8 Å². The SMILES string of the molecule is CC(C)(C)[Si](C)(C)OCC12CC(C1)C1(C2)SCCCS1. The molecule has 0 unspecified atom stereocenters. The maximum Gasteiger partial charge on any atom is 0.192 e. The molecule has 0 amide bonds. The van der Waals surface area contributed by atoms with E-state index >= 15 is 0 Å². The second-order valence-electron chi connectivity index (χ2n) is 8.69. The highest BCUT2D eigenvalue weighted by atomic mass is 32.2. The van der Waals surface area contributed by atoms with E-state index in [1.165, 1.54) is 37.2 Å². The molecule has 1 nitrogen and oxygen atoms in total. The van der Waals surface area contributed by atoms with E-state index in [9.17, 15) is 0 Å². The van der Waals surface area contributed by atoms with E-state index in [1.54, 1.807) is 0 Å². The van der Waals surface area contributed by atoms with Crippen LogP contribution in [0.15, 0.2) is 0 Å². The Kier molecular flexibility index (Phi) is 3.89. The van der Waals surface area contributed by atoms with E-state index in [1.807, 2.05) is 0 Å². The van der Waals surface area contributed by atoms with E-state index < -0.39 is 8.32 Å². The summed E-state index contributed by atoms with van der Waals surface area (Å²) >= 11 is 4.56. The Bertz CT molecular complexity index is 376. The van der Waals surface area contributed by atoms with E-state index in [4.69, 9.17) is 4.43 Å². The van der Waals surface area contributed by atoms with Crippen molar-refractivity contribution in [3.63, 3.8) is 0 Å². The van der Waals surface area contributed by atoms with Gasteiger partial charge in [0.05, 0.1) is 4.08 Å². The molecule has 2 bridgehead atoms. The normalized spacial score (nSPS) is 36.1. The summed E-state index contributed by atoms with van der Waals surface area (Å²) < 4.78 is 7.17. The van der Waals surface area contributed by atoms with Gasteiger partial charge in [0.15, 0.2) is 8.32 Å². The zero-order valence-electron chi connectivity index (χ0n) is 13.8. The average Bonchev–Trinajstić information content (AvgIpc) is 2.75. The van der Waals surface area contributed by atoms with Gasteiger partial charge in [0.2, 0.25) is 0 Å². The van der Waals surface area contributed by atoms with Crippen LogP contribution in [0, 0.1) is 11.3 Å². The Morgan fingerprint density at radius 2 is 1.75 bits per heavy atom. The first kappa shape index (κ1) is 15.8. The second kappa shape index (κ2) is 4.94. The molecule has 1 spiro atoms. The summed E-state index contributed by atoms with van der Waals surface area (Å²) in [5.41, 5.74) is 0.553. The van der Waals surface area contributed by atoms with Crippen LogP contribution in [0.1, 0.15) is 46.5 Å². The van der Waals surface area contributed by atoms with Gasteiger partial charge in [0, 0.05) is 6.61 Å². The lowest BCUT2D eigenvalue weighted by atomic mass is 9.70. The molecule has 0 aromatic carbocycles. The molecule has 20 heavy (non-hydrogen) atoms. The molecule has 4 heteroatoms. The molecular formula is C16H30OS2Si. The molecule has 1 saturated heterocycles. The minimum absolute atomic E-state index is 0.345. The zero-order valence-corrected chi connectivity index (χ0v) is 16.4. The number of thioether (sulfide) groups is 2. The predicted octanol–water partition coefficient (Wildman–Crippen LogP) is 5.37. The van der Waals surface area contributed by atoms with Crippen molar-refractivity contribution in [1.29, 1.82) is 0 Å². The average molecular weight is 331 g/mol. The van der Waals surface area contributed by atoms with Crippen LogP contribution in [-0.4, -0.2) is 30.5 Å². The van der Waals surface area contributed by atoms with Crippen molar-refractivity contribution in [2.75, 3.05) is 18.1 Å². The summed E-state index contributed by atoms with van der Waals surface area (Å²) in [4.78, 5) is 0. The van der Waals surface area contributed by atoms with Gasteiger partial charge >= 0.3 is 0 Å². The van der Waals surface area contributed by atoms with Gasteiger partial charge in [-0.2, -0.15) is 0 Å². The third-order valence-corrected chi connectivity index (χ3v) is 14.2. The summed E-state index contributed by atoms with van der Waals surface area (Å²) in [6, 6.07) is 0. The van der Waals surface area contributed by atoms with Crippen LogP contribution in [0.4, 0.5) is 0 Å². The Hall–Kier alpha value is 0.877. The molecule has 1 aliphatic heterocycles. The third kappa shape index (κ3) is 2.53. The van der Waals surface area contributed by atoms with Crippen molar-refractivity contribution in [3.8, 4) is 0 Å². The fourth-order valence-corrected chi connectivity index (χ4v) is 8.76. The number of rotatable bonds is 3. The Balaban J connectivity index is 1.61. The van der Waals surface area contributed by atoms with Gasteiger partial charge in [-0.25, -0.2) is 0 Å². The predicted molar refractivity (Wildman–Crippen MR) is 95.2 cm³/mol. The van der Waals surface area contributed by atoms with Crippen molar-refractivity contribution in [3.05, 3.63) is 0 Å². The number of hydrogen-bond acceptors (Lipinski definition) is 3. The summed E-state index contributed by atoms with van der Waals surface area (Å²) in [7, 11) is -1.57. The Morgan fingerprint density at radius 1 is 1.15 bits per heavy atom. The van der Waals surface area contributed by atoms with E-state index in [0.29, 0.717) is 14.5 Å². The molecule has 4 aliphatic rings. The lowest BCUT2D eigenvalue weighted by Crippen LogP contribution is -2.45. The quantitative estimate of drug-likeness (QED) is 0.643. The van der Waals surface area contributed by atoms with Gasteiger partial charge in [-0.3, -0.25) is 0 Å². The maximum atomic E-state index is 6.57. The standard InChI is InChI=1S/C16H30OS2Si/c1-14(2,3)20(4,5)17-12-15-9-13(10-15)16(11-15)18-7-6-8-19-16/h13H,6-12H2,1-5H3. The molecule has 0 aromatic heterocycles. The van der Waals surface area contributed by atoms with Crippen molar-refractivity contribution in [1.82, 2.24) is 0 Å². The maximum absolute atomic E-state index is 6.57. The van der Waals surface area contributed by atoms with Gasteiger partial charge in [-0.05, 0) is 66.7 Å². The summed E-state index contributed by atoms with van der Waals surface area (Å²) in [6.45, 7) is 12.9. The van der Waals surface area contributed by atoms with Crippen LogP contribution in [0.2, 0.25) is 18.1 Å². The highest BCUT2D eigenvalue weighted by molar-refractivity contribution is 8.18. The van der Waals surface area contributed by atoms with E-state index in [-0.39, 0.29) is 0 Å². The van der Waals surface area contributed by atoms with E-state index in [2.05, 4.69) is 57.4 Å². The van der Waals surface area contributed by atoms with Crippen LogP contribution in [0.5, 0.6) is 0 Å². The molecule has 3 aliphatic carbocycles. The molecule has 116 valence electrons. The summed E-state index contributed by atoms with van der Waals surface area (Å²) in [5, 5.41) is 0.345. The third-order valence-electron chi connectivity index (χ3n) is 6.13. The van der Waals surface area contributed by atoms with Gasteiger partial charge < -0.3 is 4.43 Å². The van der Waals surface area contributed by atoms with Crippen LogP contribution < -0.4 is 0 Å². The topological polar surface area (TPSA) is 9.23 Å². The Labute approximate surface area is 134 Å². The van der Waals surface area contributed by atoms with Crippen molar-refractivity contribution < 1.29 is 4.43 Å². The lowest BCUT2D eigenvalue weighted by molar-refractivity contribution is 0.0616. The van der Waals surface area contributed by atoms with Gasteiger partial charge in [0.25, 0.3) is 0 Å². The van der Waals surface area contributed by atoms with Gasteiger partial charge in [-0.15, -0.1) is 23.5 Å². The Morgan fingerprint density at radius 3 is 2.30 bits per heavy atom. The molecule has 4 fully saturated rings. The molecule has 3 saturated carbocycles. The van der Waals surface area contributed by atoms with Gasteiger partial charge in [0.1, 0.15) is 0 Å². The van der Waals surface area contributed by atoms with E-state index in [0.717, 1.165) is 12.5 Å². The minimum atomic E-state index is -1.57. The molecule has 0 atom stereocenters.